The molecule has 0 aliphatic rings. The maximum atomic E-state index is 12.6. The second-order valence-corrected chi connectivity index (χ2v) is 42.3. The first-order valence-electron chi connectivity index (χ1n) is 52.2. The maximum absolute atomic E-state index is 12.6. The Labute approximate surface area is 896 Å². The van der Waals surface area contributed by atoms with Crippen LogP contribution in [0.3, 0.4) is 0 Å². The molecule has 0 aliphatic carbocycles. The molecule has 2 aromatic heterocycles. The lowest BCUT2D eigenvalue weighted by Crippen LogP contribution is -2.20. The molecular formula is C119H186BrFN10O17. The van der Waals surface area contributed by atoms with Crippen molar-refractivity contribution in [1.82, 2.24) is 9.97 Å². The summed E-state index contributed by atoms with van der Waals surface area (Å²) in [6.45, 7) is 77.4. The van der Waals surface area contributed by atoms with Crippen LogP contribution in [0.4, 0.5) is 88.2 Å². The van der Waals surface area contributed by atoms with Crippen LogP contribution in [-0.2, 0) is 37.9 Å². The molecule has 0 spiro atoms. The average Bonchev–Trinajstić information content (AvgIpc) is 0.931. The molecule has 27 nitrogen and oxygen atoms in total. The number of nitrogens with one attached hydrogen (secondary N) is 8. The lowest BCUT2D eigenvalue weighted by atomic mass is 9.96. The summed E-state index contributed by atoms with van der Waals surface area (Å²) >= 11 is 3.23. The number of aromatic nitrogens is 2. The van der Waals surface area contributed by atoms with Crippen LogP contribution in [0.5, 0.6) is 0 Å². The van der Waals surface area contributed by atoms with Gasteiger partial charge in [-0.3, -0.25) is 47.5 Å². The molecule has 6 aromatic carbocycles. The summed E-state index contributed by atoms with van der Waals surface area (Å²) in [4.78, 5) is 99.5. The number of nitrogens with zero attached hydrogens (tertiary/aromatic N) is 2. The fourth-order valence-corrected chi connectivity index (χ4v) is 9.99. The lowest BCUT2D eigenvalue weighted by molar-refractivity contribution is 0.132. The van der Waals surface area contributed by atoms with Crippen molar-refractivity contribution in [2.75, 3.05) is 102 Å². The van der Waals surface area contributed by atoms with Crippen LogP contribution in [0, 0.1) is 152 Å². The molecule has 0 radical (unpaired) electrons. The van der Waals surface area contributed by atoms with Gasteiger partial charge >= 0.3 is 48.7 Å². The highest BCUT2D eigenvalue weighted by molar-refractivity contribution is 9.10. The first kappa shape index (κ1) is 138. The van der Waals surface area contributed by atoms with Gasteiger partial charge < -0.3 is 43.0 Å². The van der Waals surface area contributed by atoms with E-state index in [0.717, 1.165) is 62.5 Å². The predicted molar refractivity (Wildman–Crippen MR) is 611 cm³/mol. The van der Waals surface area contributed by atoms with Crippen molar-refractivity contribution in [3.05, 3.63) is 227 Å². The summed E-state index contributed by atoms with van der Waals surface area (Å²) in [6, 6.07) is 52.3. The zero-order chi connectivity index (χ0) is 113. The molecule has 0 aliphatic heterocycles. The predicted octanol–water partition coefficient (Wildman–Crippen LogP) is 33.1. The smallest absolute Gasteiger partial charge is 0.411 e. The van der Waals surface area contributed by atoms with Gasteiger partial charge in [0.25, 0.3) is 0 Å². The van der Waals surface area contributed by atoms with Gasteiger partial charge in [-0.15, -0.1) is 0 Å². The van der Waals surface area contributed by atoms with E-state index in [9.17, 15) is 42.7 Å². The molecule has 29 heteroatoms. The molecule has 0 saturated carbocycles. The van der Waals surface area contributed by atoms with E-state index in [1.807, 2.05) is 169 Å². The number of rotatable bonds is 36. The Morgan fingerprint density at radius 3 is 0.649 bits per heavy atom. The molecule has 8 amide bonds. The number of benzene rings is 6. The highest BCUT2D eigenvalue weighted by Crippen LogP contribution is 2.23. The third-order valence-corrected chi connectivity index (χ3v) is 25.7. The van der Waals surface area contributed by atoms with E-state index in [4.69, 9.17) is 43.0 Å². The number of pyridine rings is 2. The molecule has 10 atom stereocenters. The highest BCUT2D eigenvalue weighted by atomic mass is 79.9. The maximum Gasteiger partial charge on any atom is 0.411 e. The van der Waals surface area contributed by atoms with Gasteiger partial charge in [0.05, 0.1) is 64.7 Å². The number of para-hydroxylation sites is 1. The molecule has 0 unspecified atom stereocenters. The molecule has 8 rings (SSSR count). The van der Waals surface area contributed by atoms with Crippen molar-refractivity contribution >= 4 is 110 Å². The number of ether oxygens (including phenoxy) is 8. The van der Waals surface area contributed by atoms with Gasteiger partial charge in [-0.2, -0.15) is 0 Å². The standard InChI is InChI=1S/4C14H21NO2.C13H18FNO2.C13H19NO2.C12H17BrN2O2.C12H18N2O2.C7H16.C6H14O/c4*1-10(2)12(4)9-17-14(16)15-13-7-5-11(3)6-8-13;1-9(2)10(3)8-17-13(16)15-12-6-4-11(14)5-7-12;1-10(2)11(3)9-16-13(15)14-12-7-5-4-6-8-12;1-8(2)9(3)7-17-12(16)15-10-4-5-14-11(13)6-10;1-9(2)10(3)8-16-12(15)14-11-5-4-6-13-7-11;1-5-7(4)6(2)3;1-5(2)6(3)4-7/h4*5-8,10,12H,9H2,1-4H3,(H,15,16);4-7,9-10H,8H2,1-3H3,(H,15,16);4-8,10-11H,9H2,1-3H3,(H,14,15);4-6,8-9H,7H2,1-3H3,(H,14,15,16);4-7,9-10H,8H2,1-3H3,(H,14,15);6-7H,5H2,1-4H3;5-7H,4H2,1-3H3/t4*12-;10-;11-;9-;10-;7-;6-/m0000000000/s1. The number of hydrogen-bond donors (Lipinski definition) is 9. The summed E-state index contributed by atoms with van der Waals surface area (Å²) in [7, 11) is 0. The summed E-state index contributed by atoms with van der Waals surface area (Å²) in [5.41, 5.74) is 10.3. The number of aliphatic hydroxyl groups excluding tert-OH is 1. The van der Waals surface area contributed by atoms with Gasteiger partial charge in [-0.1, -0.05) is 310 Å². The van der Waals surface area contributed by atoms with Crippen molar-refractivity contribution in [2.24, 2.45) is 118 Å². The average molecular weight is 2130 g/mol. The van der Waals surface area contributed by atoms with E-state index in [1.165, 1.54) is 30.7 Å². The van der Waals surface area contributed by atoms with E-state index in [-0.39, 0.29) is 30.2 Å². The van der Waals surface area contributed by atoms with Gasteiger partial charge in [0.2, 0.25) is 0 Å². The Kier molecular flexibility index (Phi) is 74.9. The topological polar surface area (TPSA) is 353 Å². The minimum Gasteiger partial charge on any atom is -0.449 e. The number of halogens is 2. The first-order valence-corrected chi connectivity index (χ1v) is 53.0. The van der Waals surface area contributed by atoms with Crippen molar-refractivity contribution < 1.29 is 85.7 Å². The monoisotopic (exact) mass is 2130 g/mol. The van der Waals surface area contributed by atoms with Crippen LogP contribution >= 0.6 is 15.9 Å². The summed E-state index contributed by atoms with van der Waals surface area (Å²) < 4.78 is 54.3. The summed E-state index contributed by atoms with van der Waals surface area (Å²) in [5, 5.41) is 29.8. The van der Waals surface area contributed by atoms with Crippen LogP contribution in [0.1, 0.15) is 243 Å². The molecule has 9 N–H and O–H groups in total. The SMILES string of the molecule is CC(C)[C@@H](C)CO.CC(C)[C@@H](C)COC(=O)Nc1ccc(F)cc1.CC(C)[C@@H](C)COC(=O)Nc1ccccc1.CC(C)[C@@H](C)COC(=O)Nc1cccnc1.CC(C)[C@@H](C)COC(=O)Nc1ccnc(Br)c1.CC[C@H](C)C(C)C.Cc1ccc(NC(=O)OC[C@H](C)C(C)C)cc1.Cc1ccc(NC(=O)OC[C@H](C)C(C)C)cc1.Cc1ccc(NC(=O)OC[C@H](C)C(C)C)cc1.Cc1ccc(NC(=O)OC[C@H](C)C(C)C)cc1. The second-order valence-electron chi connectivity index (χ2n) is 41.5. The third-order valence-electron chi connectivity index (χ3n) is 25.3. The normalized spacial score (nSPS) is 12.5. The fourth-order valence-electron chi connectivity index (χ4n) is 9.63. The van der Waals surface area contributed by atoms with Gasteiger partial charge in [0.15, 0.2) is 0 Å². The molecule has 828 valence electrons. The molecule has 0 saturated heterocycles. The number of carbonyl (C=O) groups is 8. The number of carbonyl (C=O) groups excluding carboxylic acids is 8. The number of amides is 8. The number of hydrogen-bond acceptors (Lipinski definition) is 19. The van der Waals surface area contributed by atoms with E-state index in [0.29, 0.717) is 188 Å². The largest absolute Gasteiger partial charge is 0.449 e. The molecule has 8 aromatic rings. The van der Waals surface area contributed by atoms with Crippen LogP contribution in [0.2, 0.25) is 0 Å². The zero-order valence-electron chi connectivity index (χ0n) is 95.7. The van der Waals surface area contributed by atoms with E-state index in [1.54, 1.807) is 42.9 Å². The summed E-state index contributed by atoms with van der Waals surface area (Å²) in [5.74, 6) is 9.46. The minimum absolute atomic E-state index is 0.314. The van der Waals surface area contributed by atoms with Crippen molar-refractivity contribution in [3.63, 3.8) is 0 Å². The van der Waals surface area contributed by atoms with E-state index >= 15 is 0 Å². The zero-order valence-corrected chi connectivity index (χ0v) is 97.3. The lowest BCUT2D eigenvalue weighted by Gasteiger charge is -2.15. The Balaban J connectivity index is 0. The van der Waals surface area contributed by atoms with Gasteiger partial charge in [-0.05, 0) is 271 Å². The number of aryl methyl sites for hydroxylation is 4. The van der Waals surface area contributed by atoms with Crippen LogP contribution in [0.25, 0.3) is 0 Å². The van der Waals surface area contributed by atoms with E-state index in [2.05, 4.69) is 269 Å². The fraction of sp³-hybridized carbons (Fsp3) is 0.546. The summed E-state index contributed by atoms with van der Waals surface area (Å²) in [6.07, 6.45) is 2.84. The quantitative estimate of drug-likeness (QED) is 0.0130. The van der Waals surface area contributed by atoms with Crippen molar-refractivity contribution in [3.8, 4) is 0 Å². The Morgan fingerprint density at radius 1 is 0.264 bits per heavy atom. The minimum atomic E-state index is -0.510. The van der Waals surface area contributed by atoms with Crippen LogP contribution < -0.4 is 42.5 Å². The van der Waals surface area contributed by atoms with E-state index < -0.39 is 24.4 Å². The van der Waals surface area contributed by atoms with Crippen molar-refractivity contribution in [1.29, 1.82) is 0 Å². The molecule has 2 heterocycles. The van der Waals surface area contributed by atoms with Crippen LogP contribution in [0.15, 0.2) is 199 Å². The van der Waals surface area contributed by atoms with Gasteiger partial charge in [-0.25, -0.2) is 47.7 Å². The molecule has 0 fully saturated rings. The van der Waals surface area contributed by atoms with Gasteiger partial charge in [0.1, 0.15) is 10.4 Å². The third kappa shape index (κ3) is 73.3. The van der Waals surface area contributed by atoms with Gasteiger partial charge in [0, 0.05) is 58.8 Å². The Morgan fingerprint density at radius 2 is 0.466 bits per heavy atom. The Bertz CT molecular complexity index is 4320. The first-order chi connectivity index (χ1) is 69.5. The Hall–Kier alpha value is -11.9. The number of aliphatic hydroxyl groups is 1. The molecule has 148 heavy (non-hydrogen) atoms. The van der Waals surface area contributed by atoms with Crippen molar-refractivity contribution in [2.45, 2.75) is 249 Å². The van der Waals surface area contributed by atoms with Crippen LogP contribution in [-0.4, -0.2) is 123 Å². The number of anilines is 8. The molecular weight excluding hydrogens is 1940 g/mol. The second kappa shape index (κ2) is 80.2. The molecule has 0 bridgehead atoms. The highest BCUT2D eigenvalue weighted by Gasteiger charge is 2.20.